The standard InChI is InChI=1S/C46H47ClN8O9S/c1-26-27(2)65-46-39(26)41(29-7-9-30(47)10-8-29)50-35(42-53-52-28(3)54(42)46)25-38(57)49-31-11-13-32(14-12-31)64-24-23-63-22-21-62-20-19-61-18-17-48-34-6-4-5-33-40(34)45(60)55(44(33)59)36-15-16-37(56)51-43(36)58/h4-14,35-36,48H,15-25H2,1-3H3,(H,49,57)(H,51,56,58)/t35-,36?/m1/s1. The van der Waals surface area contributed by atoms with Gasteiger partial charge in [-0.1, -0.05) is 29.8 Å². The van der Waals surface area contributed by atoms with E-state index in [-0.39, 0.29) is 36.3 Å². The fraction of sp³-hybridized carbons (Fsp3) is 0.348. The van der Waals surface area contributed by atoms with E-state index in [1.165, 1.54) is 4.88 Å². The molecule has 19 heteroatoms. The SMILES string of the molecule is Cc1sc2c(c1C)C(c1ccc(Cl)cc1)=N[C@H](CC(=O)Nc1ccc(OCCOCCOCCOCCNc3cccc4c3C(=O)N(C3CCC(=O)NC3=O)C4=O)cc1)c1nnc(C)n1-2. The molecule has 0 bridgehead atoms. The number of benzene rings is 3. The number of aliphatic imine (C=N–C) groups is 1. The van der Waals surface area contributed by atoms with Crippen LogP contribution in [0.3, 0.4) is 0 Å². The number of carbonyl (C=O) groups is 5. The van der Waals surface area contributed by atoms with Crippen LogP contribution in [-0.4, -0.2) is 114 Å². The molecule has 5 heterocycles. The molecule has 3 aliphatic heterocycles. The van der Waals surface area contributed by atoms with E-state index in [0.717, 1.165) is 38.1 Å². The van der Waals surface area contributed by atoms with Crippen LogP contribution in [-0.2, 0) is 28.6 Å². The lowest BCUT2D eigenvalue weighted by Crippen LogP contribution is -2.54. The minimum Gasteiger partial charge on any atom is -0.491 e. The number of hydrogen-bond acceptors (Lipinski definition) is 14. The van der Waals surface area contributed by atoms with Gasteiger partial charge in [-0.15, -0.1) is 21.5 Å². The van der Waals surface area contributed by atoms with Crippen molar-refractivity contribution in [3.63, 3.8) is 0 Å². The van der Waals surface area contributed by atoms with E-state index in [9.17, 15) is 24.0 Å². The third-order valence-electron chi connectivity index (χ3n) is 11.1. The Morgan fingerprint density at radius 2 is 1.55 bits per heavy atom. The van der Waals surface area contributed by atoms with Gasteiger partial charge >= 0.3 is 0 Å². The highest BCUT2D eigenvalue weighted by atomic mass is 35.5. The summed E-state index contributed by atoms with van der Waals surface area (Å²) < 4.78 is 24.7. The average molecular weight is 923 g/mol. The first-order valence-electron chi connectivity index (χ1n) is 21.2. The van der Waals surface area contributed by atoms with Gasteiger partial charge in [-0.25, -0.2) is 0 Å². The molecule has 1 fully saturated rings. The lowest BCUT2D eigenvalue weighted by molar-refractivity contribution is -0.136. The number of nitrogens with zero attached hydrogens (tertiary/aromatic N) is 5. The van der Waals surface area contributed by atoms with Gasteiger partial charge in [0.15, 0.2) is 5.82 Å². The van der Waals surface area contributed by atoms with Crippen molar-refractivity contribution in [3.8, 4) is 10.8 Å². The molecule has 1 unspecified atom stereocenters. The number of hydrogen-bond donors (Lipinski definition) is 3. The van der Waals surface area contributed by atoms with Crippen molar-refractivity contribution in [1.82, 2.24) is 25.0 Å². The zero-order valence-corrected chi connectivity index (χ0v) is 37.6. The molecule has 3 N–H and O–H groups in total. The van der Waals surface area contributed by atoms with E-state index in [0.29, 0.717) is 80.8 Å². The fourth-order valence-electron chi connectivity index (χ4n) is 7.84. The second-order valence-corrected chi connectivity index (χ2v) is 17.1. The predicted molar refractivity (Wildman–Crippen MR) is 243 cm³/mol. The molecule has 0 saturated carbocycles. The van der Waals surface area contributed by atoms with Crippen LogP contribution in [0.25, 0.3) is 5.00 Å². The summed E-state index contributed by atoms with van der Waals surface area (Å²) in [6.45, 7) is 8.86. The summed E-state index contributed by atoms with van der Waals surface area (Å²) in [4.78, 5) is 71.0. The van der Waals surface area contributed by atoms with Crippen molar-refractivity contribution in [3.05, 3.63) is 116 Å². The molecule has 5 amide bonds. The first-order chi connectivity index (χ1) is 31.5. The molecule has 2 atom stereocenters. The molecule has 338 valence electrons. The molecule has 17 nitrogen and oxygen atoms in total. The van der Waals surface area contributed by atoms with Crippen molar-refractivity contribution in [1.29, 1.82) is 0 Å². The molecule has 65 heavy (non-hydrogen) atoms. The highest BCUT2D eigenvalue weighted by molar-refractivity contribution is 7.15. The summed E-state index contributed by atoms with van der Waals surface area (Å²) in [5.74, 6) is -0.476. The molecule has 0 radical (unpaired) electrons. The number of rotatable bonds is 19. The van der Waals surface area contributed by atoms with Crippen LogP contribution in [0.5, 0.6) is 5.75 Å². The molecule has 3 aromatic carbocycles. The number of nitrogens with one attached hydrogen (secondary N) is 3. The smallest absolute Gasteiger partial charge is 0.264 e. The number of piperidine rings is 1. The van der Waals surface area contributed by atoms with Gasteiger partial charge in [0.1, 0.15) is 35.3 Å². The topological polar surface area (TPSA) is 205 Å². The van der Waals surface area contributed by atoms with Gasteiger partial charge in [-0.2, -0.15) is 0 Å². The highest BCUT2D eigenvalue weighted by Crippen LogP contribution is 2.40. The molecule has 5 aromatic rings. The number of aryl methyl sites for hydroxylation is 2. The number of ether oxygens (including phenoxy) is 4. The van der Waals surface area contributed by atoms with E-state index in [1.54, 1.807) is 53.8 Å². The van der Waals surface area contributed by atoms with Crippen molar-refractivity contribution >= 4 is 69.6 Å². The zero-order valence-electron chi connectivity index (χ0n) is 36.0. The summed E-state index contributed by atoms with van der Waals surface area (Å²) in [5.41, 5.74) is 5.28. The monoisotopic (exact) mass is 922 g/mol. The average Bonchev–Trinajstić information content (AvgIpc) is 3.87. The van der Waals surface area contributed by atoms with Crippen molar-refractivity contribution < 1.29 is 42.9 Å². The van der Waals surface area contributed by atoms with Gasteiger partial charge in [0.25, 0.3) is 11.8 Å². The minimum absolute atomic E-state index is 0.0499. The molecule has 2 aromatic heterocycles. The molecule has 8 rings (SSSR count). The van der Waals surface area contributed by atoms with Crippen LogP contribution < -0.4 is 20.7 Å². The zero-order chi connectivity index (χ0) is 45.6. The first kappa shape index (κ1) is 45.3. The van der Waals surface area contributed by atoms with Crippen LogP contribution in [0.4, 0.5) is 11.4 Å². The maximum Gasteiger partial charge on any atom is 0.264 e. The second-order valence-electron chi connectivity index (χ2n) is 15.5. The van der Waals surface area contributed by atoms with Crippen molar-refractivity contribution in [2.75, 3.05) is 63.4 Å². The predicted octanol–water partition coefficient (Wildman–Crippen LogP) is 5.77. The van der Waals surface area contributed by atoms with Crippen LogP contribution in [0.1, 0.15) is 79.2 Å². The van der Waals surface area contributed by atoms with E-state index in [4.69, 9.17) is 35.5 Å². The lowest BCUT2D eigenvalue weighted by atomic mass is 9.99. The molecule has 1 saturated heterocycles. The Morgan fingerprint density at radius 3 is 2.28 bits per heavy atom. The van der Waals surface area contributed by atoms with Gasteiger partial charge in [-0.3, -0.25) is 43.7 Å². The van der Waals surface area contributed by atoms with E-state index < -0.39 is 35.7 Å². The number of carbonyl (C=O) groups excluding carboxylic acids is 5. The quantitative estimate of drug-likeness (QED) is 0.0668. The maximum absolute atomic E-state index is 13.5. The lowest BCUT2D eigenvalue weighted by Gasteiger charge is -2.27. The number of amides is 5. The number of aromatic nitrogens is 3. The van der Waals surface area contributed by atoms with Gasteiger partial charge in [0, 0.05) is 45.4 Å². The third-order valence-corrected chi connectivity index (χ3v) is 12.6. The molecular formula is C46H47ClN8O9S. The molecule has 0 spiro atoms. The second kappa shape index (κ2) is 20.2. The van der Waals surface area contributed by atoms with E-state index in [2.05, 4.69) is 40.0 Å². The van der Waals surface area contributed by atoms with E-state index in [1.807, 2.05) is 35.8 Å². The molecule has 0 aliphatic carbocycles. The Hall–Kier alpha value is -6.31. The first-order valence-corrected chi connectivity index (χ1v) is 22.4. The third kappa shape index (κ3) is 10.0. The molecular weight excluding hydrogens is 876 g/mol. The van der Waals surface area contributed by atoms with Crippen LogP contribution in [0, 0.1) is 20.8 Å². The molecule has 3 aliphatic rings. The summed E-state index contributed by atoms with van der Waals surface area (Å²) >= 11 is 7.89. The Balaban J connectivity index is 0.716. The number of halogens is 1. The summed E-state index contributed by atoms with van der Waals surface area (Å²) in [6.07, 6.45) is 0.196. The van der Waals surface area contributed by atoms with Crippen LogP contribution >= 0.6 is 22.9 Å². The number of imide groups is 2. The number of anilines is 2. The van der Waals surface area contributed by atoms with Crippen LogP contribution in [0.2, 0.25) is 5.02 Å². The summed E-state index contributed by atoms with van der Waals surface area (Å²) in [5, 5.41) is 18.8. The van der Waals surface area contributed by atoms with Crippen LogP contribution in [0.15, 0.2) is 71.7 Å². The van der Waals surface area contributed by atoms with Gasteiger partial charge in [-0.05, 0) is 81.3 Å². The fourth-order valence-corrected chi connectivity index (χ4v) is 9.18. The Bertz CT molecular complexity index is 2650. The van der Waals surface area contributed by atoms with E-state index >= 15 is 0 Å². The summed E-state index contributed by atoms with van der Waals surface area (Å²) in [7, 11) is 0. The maximum atomic E-state index is 13.5. The number of thiophene rings is 1. The Labute approximate surface area is 383 Å². The van der Waals surface area contributed by atoms with Gasteiger partial charge in [0.2, 0.25) is 17.7 Å². The summed E-state index contributed by atoms with van der Waals surface area (Å²) in [6, 6.07) is 18.0. The highest BCUT2D eigenvalue weighted by Gasteiger charge is 2.45. The Kier molecular flexibility index (Phi) is 14.1. The van der Waals surface area contributed by atoms with Crippen molar-refractivity contribution in [2.45, 2.75) is 52.1 Å². The largest absolute Gasteiger partial charge is 0.491 e. The Morgan fingerprint density at radius 1 is 0.846 bits per heavy atom. The normalized spacial score (nSPS) is 16.7. The van der Waals surface area contributed by atoms with Gasteiger partial charge < -0.3 is 29.6 Å². The number of fused-ring (bicyclic) bond motifs is 4. The van der Waals surface area contributed by atoms with Gasteiger partial charge in [0.05, 0.1) is 62.9 Å². The minimum atomic E-state index is -1.03. The van der Waals surface area contributed by atoms with Crippen molar-refractivity contribution in [2.24, 2.45) is 4.99 Å².